The van der Waals surface area contributed by atoms with Gasteiger partial charge in [-0.1, -0.05) is 11.6 Å². The Morgan fingerprint density at radius 2 is 2.43 bits per heavy atom. The topological polar surface area (TPSA) is 20.3 Å². The second kappa shape index (κ2) is 4.09. The number of amides is 1. The van der Waals surface area contributed by atoms with E-state index in [2.05, 4.69) is 0 Å². The van der Waals surface area contributed by atoms with Gasteiger partial charge in [-0.05, 0) is 17.9 Å². The van der Waals surface area contributed by atoms with Gasteiger partial charge in [0.25, 0.3) is 5.91 Å². The van der Waals surface area contributed by atoms with Crippen molar-refractivity contribution >= 4 is 40.4 Å². The maximum Gasteiger partial charge on any atom is 0.265 e. The van der Waals surface area contributed by atoms with Crippen LogP contribution in [0.3, 0.4) is 0 Å². The van der Waals surface area contributed by atoms with Crippen LogP contribution < -0.4 is 0 Å². The molecule has 0 aliphatic carbocycles. The first-order valence-corrected chi connectivity index (χ1v) is 6.04. The van der Waals surface area contributed by atoms with Crippen molar-refractivity contribution in [3.8, 4) is 0 Å². The lowest BCUT2D eigenvalue weighted by Crippen LogP contribution is -2.28. The summed E-state index contributed by atoms with van der Waals surface area (Å²) in [5.74, 6) is 0.00755. The summed E-state index contributed by atoms with van der Waals surface area (Å²) in [6, 6.07) is 1.74. The van der Waals surface area contributed by atoms with E-state index in [1.807, 2.05) is 5.38 Å². The molecule has 0 aromatic carbocycles. The first-order chi connectivity index (χ1) is 6.68. The van der Waals surface area contributed by atoms with Crippen molar-refractivity contribution in [2.45, 2.75) is 11.8 Å². The summed E-state index contributed by atoms with van der Waals surface area (Å²) in [7, 11) is 0. The summed E-state index contributed by atoms with van der Waals surface area (Å²) in [5.41, 5.74) is 0. The van der Waals surface area contributed by atoms with Gasteiger partial charge in [0.1, 0.15) is 4.88 Å². The SMILES string of the molecule is O=C(c1sccc1Cl)N1CCC(Cl)C1. The van der Waals surface area contributed by atoms with Gasteiger partial charge in [-0.25, -0.2) is 0 Å². The Hall–Kier alpha value is -0.250. The van der Waals surface area contributed by atoms with E-state index in [1.165, 1.54) is 11.3 Å². The largest absolute Gasteiger partial charge is 0.336 e. The smallest absolute Gasteiger partial charge is 0.265 e. The first kappa shape index (κ1) is 10.3. The Labute approximate surface area is 96.4 Å². The minimum Gasteiger partial charge on any atom is -0.336 e. The van der Waals surface area contributed by atoms with Crippen molar-refractivity contribution in [2.24, 2.45) is 0 Å². The van der Waals surface area contributed by atoms with Crippen molar-refractivity contribution in [3.63, 3.8) is 0 Å². The quantitative estimate of drug-likeness (QED) is 0.702. The summed E-state index contributed by atoms with van der Waals surface area (Å²) < 4.78 is 0. The summed E-state index contributed by atoms with van der Waals surface area (Å²) in [6.45, 7) is 1.37. The lowest BCUT2D eigenvalue weighted by Gasteiger charge is -2.14. The average Bonchev–Trinajstić information content (AvgIpc) is 2.73. The van der Waals surface area contributed by atoms with E-state index in [0.717, 1.165) is 13.0 Å². The highest BCUT2D eigenvalue weighted by atomic mass is 35.5. The average molecular weight is 250 g/mol. The molecule has 1 aromatic heterocycles. The van der Waals surface area contributed by atoms with Crippen molar-refractivity contribution in [1.29, 1.82) is 0 Å². The molecule has 5 heteroatoms. The fourth-order valence-electron chi connectivity index (χ4n) is 1.49. The predicted molar refractivity (Wildman–Crippen MR) is 59.5 cm³/mol. The molecule has 1 atom stereocenters. The molecule has 1 amide bonds. The molecule has 1 aliphatic heterocycles. The molecule has 2 heterocycles. The Morgan fingerprint density at radius 1 is 1.64 bits per heavy atom. The predicted octanol–water partition coefficient (Wildman–Crippen LogP) is 2.85. The van der Waals surface area contributed by atoms with Crippen LogP contribution in [0.4, 0.5) is 0 Å². The van der Waals surface area contributed by atoms with Gasteiger partial charge >= 0.3 is 0 Å². The number of halogens is 2. The zero-order valence-electron chi connectivity index (χ0n) is 7.37. The van der Waals surface area contributed by atoms with Crippen molar-refractivity contribution < 1.29 is 4.79 Å². The van der Waals surface area contributed by atoms with Gasteiger partial charge in [0.2, 0.25) is 0 Å². The number of hydrogen-bond donors (Lipinski definition) is 0. The Kier molecular flexibility index (Phi) is 3.00. The third kappa shape index (κ3) is 1.90. The van der Waals surface area contributed by atoms with Gasteiger partial charge in [-0.3, -0.25) is 4.79 Å². The highest BCUT2D eigenvalue weighted by Gasteiger charge is 2.27. The zero-order valence-corrected chi connectivity index (χ0v) is 9.70. The van der Waals surface area contributed by atoms with Crippen LogP contribution in [0.25, 0.3) is 0 Å². The molecule has 76 valence electrons. The number of hydrogen-bond acceptors (Lipinski definition) is 2. The van der Waals surface area contributed by atoms with Crippen molar-refractivity contribution in [2.75, 3.05) is 13.1 Å². The number of carbonyl (C=O) groups is 1. The minimum absolute atomic E-state index is 0.00755. The van der Waals surface area contributed by atoms with Crippen molar-refractivity contribution in [1.82, 2.24) is 4.90 Å². The maximum absolute atomic E-state index is 11.9. The third-order valence-corrected chi connectivity index (χ3v) is 3.92. The molecule has 1 aromatic rings. The van der Waals surface area contributed by atoms with Gasteiger partial charge < -0.3 is 4.90 Å². The molecule has 0 saturated carbocycles. The second-order valence-electron chi connectivity index (χ2n) is 3.23. The molecular formula is C9H9Cl2NOS. The van der Waals surface area contributed by atoms with Crippen LogP contribution in [0, 0.1) is 0 Å². The van der Waals surface area contributed by atoms with Gasteiger partial charge in [0, 0.05) is 13.1 Å². The summed E-state index contributed by atoms with van der Waals surface area (Å²) in [6.07, 6.45) is 0.871. The Morgan fingerprint density at radius 3 is 2.93 bits per heavy atom. The van der Waals surface area contributed by atoms with Crippen LogP contribution in [0.15, 0.2) is 11.4 Å². The van der Waals surface area contributed by atoms with Crippen LogP contribution in [0.1, 0.15) is 16.1 Å². The molecule has 0 spiro atoms. The third-order valence-electron chi connectivity index (χ3n) is 2.23. The number of likely N-dealkylation sites (tertiary alicyclic amines) is 1. The van der Waals surface area contributed by atoms with Crippen LogP contribution in [0.2, 0.25) is 5.02 Å². The molecule has 1 unspecified atom stereocenters. The highest BCUT2D eigenvalue weighted by molar-refractivity contribution is 7.12. The van der Waals surface area contributed by atoms with Crippen LogP contribution in [-0.2, 0) is 0 Å². The molecule has 14 heavy (non-hydrogen) atoms. The highest BCUT2D eigenvalue weighted by Crippen LogP contribution is 2.26. The van der Waals surface area contributed by atoms with E-state index < -0.39 is 0 Å². The minimum atomic E-state index is 0.00755. The summed E-state index contributed by atoms with van der Waals surface area (Å²) in [4.78, 5) is 14.2. The number of carbonyl (C=O) groups excluding carboxylic acids is 1. The Bertz CT molecular complexity index is 352. The fraction of sp³-hybridized carbons (Fsp3) is 0.444. The molecule has 0 radical (unpaired) electrons. The lowest BCUT2D eigenvalue weighted by atomic mass is 10.4. The molecule has 1 aliphatic rings. The van der Waals surface area contributed by atoms with E-state index in [1.54, 1.807) is 11.0 Å². The normalized spacial score (nSPS) is 21.6. The molecule has 1 fully saturated rings. The van der Waals surface area contributed by atoms with Crippen LogP contribution in [0.5, 0.6) is 0 Å². The van der Waals surface area contributed by atoms with E-state index in [0.29, 0.717) is 16.4 Å². The molecule has 1 saturated heterocycles. The molecule has 2 rings (SSSR count). The number of thiophene rings is 1. The fourth-order valence-corrected chi connectivity index (χ4v) is 2.86. The number of alkyl halides is 1. The van der Waals surface area contributed by atoms with E-state index >= 15 is 0 Å². The van der Waals surface area contributed by atoms with E-state index in [9.17, 15) is 4.79 Å². The zero-order chi connectivity index (χ0) is 10.1. The van der Waals surface area contributed by atoms with Gasteiger partial charge in [0.15, 0.2) is 0 Å². The van der Waals surface area contributed by atoms with E-state index in [4.69, 9.17) is 23.2 Å². The standard InChI is InChI=1S/C9H9Cl2NOS/c10-6-1-3-12(5-6)9(13)8-7(11)2-4-14-8/h2,4,6H,1,3,5H2. The number of rotatable bonds is 1. The first-order valence-electron chi connectivity index (χ1n) is 4.35. The second-order valence-corrected chi connectivity index (χ2v) is 5.18. The number of nitrogens with zero attached hydrogens (tertiary/aromatic N) is 1. The van der Waals surface area contributed by atoms with Gasteiger partial charge in [0.05, 0.1) is 10.4 Å². The monoisotopic (exact) mass is 249 g/mol. The maximum atomic E-state index is 11.9. The molecule has 0 N–H and O–H groups in total. The summed E-state index contributed by atoms with van der Waals surface area (Å²) in [5, 5.41) is 2.46. The van der Waals surface area contributed by atoms with Crippen molar-refractivity contribution in [3.05, 3.63) is 21.3 Å². The lowest BCUT2D eigenvalue weighted by molar-refractivity contribution is 0.0798. The molecule has 2 nitrogen and oxygen atoms in total. The van der Waals surface area contributed by atoms with Crippen LogP contribution in [-0.4, -0.2) is 29.3 Å². The van der Waals surface area contributed by atoms with Crippen LogP contribution >= 0.6 is 34.5 Å². The van der Waals surface area contributed by atoms with Gasteiger partial charge in [-0.2, -0.15) is 0 Å². The molecular weight excluding hydrogens is 241 g/mol. The van der Waals surface area contributed by atoms with E-state index in [-0.39, 0.29) is 11.3 Å². The molecule has 0 bridgehead atoms. The Balaban J connectivity index is 2.13. The summed E-state index contributed by atoms with van der Waals surface area (Å²) >= 11 is 13.2. The van der Waals surface area contributed by atoms with Gasteiger partial charge in [-0.15, -0.1) is 22.9 Å².